The zero-order valence-electron chi connectivity index (χ0n) is 7.81. The fourth-order valence-corrected chi connectivity index (χ4v) is 1.96. The molecule has 0 spiro atoms. The molecule has 2 heterocycles. The van der Waals surface area contributed by atoms with E-state index in [1.54, 1.807) is 12.4 Å². The Morgan fingerprint density at radius 2 is 1.73 bits per heavy atom. The summed E-state index contributed by atoms with van der Waals surface area (Å²) in [5, 5.41) is 3.61. The second-order valence-electron chi connectivity index (χ2n) is 3.34. The predicted molar refractivity (Wildman–Crippen MR) is 62.1 cm³/mol. The molecule has 0 saturated heterocycles. The first-order valence-electron chi connectivity index (χ1n) is 4.64. The van der Waals surface area contributed by atoms with Crippen molar-refractivity contribution in [1.82, 2.24) is 9.97 Å². The molecule has 2 nitrogen and oxygen atoms in total. The normalized spacial score (nSPS) is 11.0. The molecule has 0 N–H and O–H groups in total. The van der Waals surface area contributed by atoms with E-state index in [9.17, 15) is 0 Å². The Balaban J connectivity index is 2.60. The van der Waals surface area contributed by atoms with Crippen LogP contribution in [0.4, 0.5) is 0 Å². The smallest absolute Gasteiger partial charge is 0.138 e. The summed E-state index contributed by atoms with van der Waals surface area (Å²) in [5.41, 5.74) is 0.979. The van der Waals surface area contributed by atoms with Crippen LogP contribution in [0.15, 0.2) is 42.7 Å². The van der Waals surface area contributed by atoms with Crippen LogP contribution in [0.5, 0.6) is 0 Å². The fraction of sp³-hybridized carbons (Fsp3) is 0. The molecule has 0 amide bonds. The molecular formula is C12H7ClN2. The second-order valence-corrected chi connectivity index (χ2v) is 3.70. The maximum atomic E-state index is 6.01. The van der Waals surface area contributed by atoms with Gasteiger partial charge in [0.1, 0.15) is 5.15 Å². The number of hydrogen-bond donors (Lipinski definition) is 0. The van der Waals surface area contributed by atoms with Gasteiger partial charge in [0.05, 0.1) is 5.52 Å². The lowest BCUT2D eigenvalue weighted by atomic mass is 10.1. The van der Waals surface area contributed by atoms with Gasteiger partial charge in [-0.1, -0.05) is 29.8 Å². The molecule has 1 aromatic carbocycles. The molecule has 0 aliphatic heterocycles. The lowest BCUT2D eigenvalue weighted by Gasteiger charge is -2.02. The van der Waals surface area contributed by atoms with Crippen LogP contribution in [0, 0.1) is 0 Å². The Morgan fingerprint density at radius 1 is 0.867 bits per heavy atom. The maximum absolute atomic E-state index is 6.01. The van der Waals surface area contributed by atoms with Crippen molar-refractivity contribution >= 4 is 33.3 Å². The number of halogens is 1. The average Bonchev–Trinajstić information content (AvgIpc) is 2.29. The van der Waals surface area contributed by atoms with Crippen molar-refractivity contribution in [2.75, 3.05) is 0 Å². The third-order valence-electron chi connectivity index (χ3n) is 2.47. The van der Waals surface area contributed by atoms with Crippen LogP contribution in [-0.2, 0) is 0 Å². The van der Waals surface area contributed by atoms with Crippen LogP contribution >= 0.6 is 11.6 Å². The van der Waals surface area contributed by atoms with Crippen molar-refractivity contribution in [3.63, 3.8) is 0 Å². The Hall–Kier alpha value is -1.67. The summed E-state index contributed by atoms with van der Waals surface area (Å²) in [6.45, 7) is 0. The first kappa shape index (κ1) is 8.62. The van der Waals surface area contributed by atoms with Crippen LogP contribution in [0.25, 0.3) is 21.7 Å². The summed E-state index contributed by atoms with van der Waals surface area (Å²) in [5.74, 6) is 0. The van der Waals surface area contributed by atoms with Crippen molar-refractivity contribution in [2.45, 2.75) is 0 Å². The molecule has 72 valence electrons. The van der Waals surface area contributed by atoms with E-state index in [-0.39, 0.29) is 0 Å². The molecule has 3 rings (SSSR count). The van der Waals surface area contributed by atoms with Crippen LogP contribution in [0.2, 0.25) is 5.15 Å². The topological polar surface area (TPSA) is 25.8 Å². The molecule has 0 aliphatic carbocycles. The van der Waals surface area contributed by atoms with Gasteiger partial charge in [-0.15, -0.1) is 0 Å². The van der Waals surface area contributed by atoms with Gasteiger partial charge in [0.15, 0.2) is 0 Å². The first-order chi connectivity index (χ1) is 7.36. The monoisotopic (exact) mass is 214 g/mol. The fourth-order valence-electron chi connectivity index (χ4n) is 1.75. The Morgan fingerprint density at radius 3 is 2.67 bits per heavy atom. The summed E-state index contributed by atoms with van der Waals surface area (Å²) in [4.78, 5) is 8.39. The second kappa shape index (κ2) is 3.17. The number of pyridine rings is 2. The van der Waals surface area contributed by atoms with E-state index in [0.29, 0.717) is 5.15 Å². The van der Waals surface area contributed by atoms with Gasteiger partial charge in [0.2, 0.25) is 0 Å². The van der Waals surface area contributed by atoms with Gasteiger partial charge < -0.3 is 0 Å². The number of hydrogen-bond acceptors (Lipinski definition) is 2. The van der Waals surface area contributed by atoms with Crippen molar-refractivity contribution in [3.8, 4) is 0 Å². The molecule has 0 aliphatic rings. The van der Waals surface area contributed by atoms with Gasteiger partial charge in [0.25, 0.3) is 0 Å². The number of benzene rings is 1. The molecule has 15 heavy (non-hydrogen) atoms. The van der Waals surface area contributed by atoms with E-state index in [1.165, 1.54) is 0 Å². The van der Waals surface area contributed by atoms with E-state index in [0.717, 1.165) is 21.7 Å². The summed E-state index contributed by atoms with van der Waals surface area (Å²) in [6.07, 6.45) is 3.49. The number of fused-ring (bicyclic) bond motifs is 3. The highest BCUT2D eigenvalue weighted by Gasteiger charge is 2.03. The Labute approximate surface area is 91.5 Å². The zero-order chi connectivity index (χ0) is 10.3. The number of nitrogens with zero attached hydrogens (tertiary/aromatic N) is 2. The molecule has 0 saturated carbocycles. The summed E-state index contributed by atoms with van der Waals surface area (Å²) >= 11 is 6.01. The van der Waals surface area contributed by atoms with Crippen molar-refractivity contribution in [1.29, 1.82) is 0 Å². The van der Waals surface area contributed by atoms with Crippen LogP contribution in [-0.4, -0.2) is 9.97 Å². The third-order valence-corrected chi connectivity index (χ3v) is 2.77. The summed E-state index contributed by atoms with van der Waals surface area (Å²) < 4.78 is 0. The summed E-state index contributed by atoms with van der Waals surface area (Å²) in [6, 6.07) is 9.97. The zero-order valence-corrected chi connectivity index (χ0v) is 8.57. The highest BCUT2D eigenvalue weighted by Crippen LogP contribution is 2.26. The lowest BCUT2D eigenvalue weighted by molar-refractivity contribution is 1.35. The van der Waals surface area contributed by atoms with Gasteiger partial charge >= 0.3 is 0 Å². The molecule has 3 heteroatoms. The molecule has 0 unspecified atom stereocenters. The Bertz CT molecular complexity index is 649. The van der Waals surface area contributed by atoms with Crippen molar-refractivity contribution in [3.05, 3.63) is 47.9 Å². The van der Waals surface area contributed by atoms with Crippen molar-refractivity contribution in [2.24, 2.45) is 0 Å². The molecular weight excluding hydrogens is 208 g/mol. The van der Waals surface area contributed by atoms with E-state index >= 15 is 0 Å². The number of rotatable bonds is 0. The van der Waals surface area contributed by atoms with Gasteiger partial charge in [-0.05, 0) is 17.5 Å². The Kier molecular flexibility index (Phi) is 1.82. The quantitative estimate of drug-likeness (QED) is 0.423. The SMILES string of the molecule is Clc1nccc2c1cnc1ccccc12. The van der Waals surface area contributed by atoms with E-state index in [2.05, 4.69) is 9.97 Å². The molecule has 0 bridgehead atoms. The standard InChI is InChI=1S/C12H7ClN2/c13-12-10-7-15-11-4-2-1-3-9(11)8(10)5-6-14-12/h1-7H. The molecule has 0 fully saturated rings. The minimum absolute atomic E-state index is 0.505. The minimum atomic E-state index is 0.505. The highest BCUT2D eigenvalue weighted by molar-refractivity contribution is 6.35. The van der Waals surface area contributed by atoms with Gasteiger partial charge in [0, 0.05) is 23.2 Å². The van der Waals surface area contributed by atoms with Crippen LogP contribution in [0.1, 0.15) is 0 Å². The molecule has 0 radical (unpaired) electrons. The largest absolute Gasteiger partial charge is 0.255 e. The maximum Gasteiger partial charge on any atom is 0.138 e. The number of para-hydroxylation sites is 1. The highest BCUT2D eigenvalue weighted by atomic mass is 35.5. The van der Waals surface area contributed by atoms with Gasteiger partial charge in [-0.3, -0.25) is 4.98 Å². The van der Waals surface area contributed by atoms with Crippen LogP contribution in [0.3, 0.4) is 0 Å². The molecule has 3 aromatic rings. The van der Waals surface area contributed by atoms with E-state index < -0.39 is 0 Å². The lowest BCUT2D eigenvalue weighted by Crippen LogP contribution is -1.84. The minimum Gasteiger partial charge on any atom is -0.255 e. The van der Waals surface area contributed by atoms with Gasteiger partial charge in [-0.25, -0.2) is 4.98 Å². The summed E-state index contributed by atoms with van der Waals surface area (Å²) in [7, 11) is 0. The van der Waals surface area contributed by atoms with E-state index in [4.69, 9.17) is 11.6 Å². The third kappa shape index (κ3) is 1.26. The van der Waals surface area contributed by atoms with Gasteiger partial charge in [-0.2, -0.15) is 0 Å². The molecule has 2 aromatic heterocycles. The average molecular weight is 215 g/mol. The van der Waals surface area contributed by atoms with Crippen molar-refractivity contribution < 1.29 is 0 Å². The number of aromatic nitrogens is 2. The first-order valence-corrected chi connectivity index (χ1v) is 5.02. The molecule has 0 atom stereocenters. The van der Waals surface area contributed by atoms with E-state index in [1.807, 2.05) is 30.3 Å². The van der Waals surface area contributed by atoms with Crippen LogP contribution < -0.4 is 0 Å². The predicted octanol–water partition coefficient (Wildman–Crippen LogP) is 3.44.